The van der Waals surface area contributed by atoms with Gasteiger partial charge in [-0.05, 0) is 59.6 Å². The third kappa shape index (κ3) is 4.00. The van der Waals surface area contributed by atoms with Crippen molar-refractivity contribution in [3.8, 4) is 45.3 Å². The number of aromatic nitrogens is 3. The molecule has 2 aromatic heterocycles. The van der Waals surface area contributed by atoms with Crippen molar-refractivity contribution < 1.29 is 23.9 Å². The number of furan rings is 1. The lowest BCUT2D eigenvalue weighted by molar-refractivity contribution is 0.628. The van der Waals surface area contributed by atoms with E-state index in [1.165, 1.54) is 24.3 Å². The third-order valence-electron chi connectivity index (χ3n) is 5.75. The van der Waals surface area contributed by atoms with E-state index in [2.05, 4.69) is 15.0 Å². The number of halogens is 1. The fourth-order valence-electron chi connectivity index (χ4n) is 3.93. The number of benzene rings is 5. The molecule has 5 aromatic carbocycles. The summed E-state index contributed by atoms with van der Waals surface area (Å²) in [6.45, 7) is 0. The van der Waals surface area contributed by atoms with Crippen LogP contribution in [-0.4, -0.2) is 15.0 Å². The fourth-order valence-corrected chi connectivity index (χ4v) is 3.93. The van der Waals surface area contributed by atoms with Gasteiger partial charge in [-0.1, -0.05) is 72.6 Å². The molecular formula is C33H20FN3O. The Bertz CT molecular complexity index is 2500. The second-order valence-electron chi connectivity index (χ2n) is 8.19. The molecule has 4 nitrogen and oxygen atoms in total. The van der Waals surface area contributed by atoms with Gasteiger partial charge in [-0.25, -0.2) is 19.3 Å². The van der Waals surface area contributed by atoms with Crippen LogP contribution in [-0.2, 0) is 0 Å². The van der Waals surface area contributed by atoms with E-state index >= 15 is 0 Å². The summed E-state index contributed by atoms with van der Waals surface area (Å²) in [6, 6.07) is 7.40. The topological polar surface area (TPSA) is 51.8 Å². The zero-order chi connectivity index (χ0) is 35.0. The van der Waals surface area contributed by atoms with Crippen molar-refractivity contribution in [1.82, 2.24) is 15.0 Å². The second-order valence-corrected chi connectivity index (χ2v) is 8.19. The highest BCUT2D eigenvalue weighted by molar-refractivity contribution is 6.07. The molecule has 38 heavy (non-hydrogen) atoms. The molecule has 180 valence electrons. The van der Waals surface area contributed by atoms with Crippen LogP contribution in [0.15, 0.2) is 125 Å². The summed E-state index contributed by atoms with van der Waals surface area (Å²) in [5.74, 6) is -0.380. The molecule has 7 aromatic rings. The maximum Gasteiger partial charge on any atom is 0.164 e. The average Bonchev–Trinajstić information content (AvgIpc) is 3.52. The van der Waals surface area contributed by atoms with Crippen molar-refractivity contribution in [3.63, 3.8) is 0 Å². The first-order valence-corrected chi connectivity index (χ1v) is 11.4. The van der Waals surface area contributed by atoms with Crippen LogP contribution in [0, 0.1) is 5.82 Å². The Morgan fingerprint density at radius 1 is 0.526 bits per heavy atom. The minimum atomic E-state index is -0.696. The summed E-state index contributed by atoms with van der Waals surface area (Å²) in [5.41, 5.74) is -0.829. The molecule has 0 fully saturated rings. The number of fused-ring (bicyclic) bond motifs is 3. The van der Waals surface area contributed by atoms with Gasteiger partial charge in [0.15, 0.2) is 17.5 Å². The monoisotopic (exact) mass is 504 g/mol. The quantitative estimate of drug-likeness (QED) is 0.241. The zero-order valence-corrected chi connectivity index (χ0v) is 19.3. The van der Waals surface area contributed by atoms with Crippen molar-refractivity contribution >= 4 is 21.9 Å². The van der Waals surface area contributed by atoms with E-state index < -0.39 is 83.4 Å². The van der Waals surface area contributed by atoms with Gasteiger partial charge in [0.05, 0.1) is 15.1 Å². The Labute approximate surface area is 233 Å². The maximum absolute atomic E-state index is 13.8. The van der Waals surface area contributed by atoms with Gasteiger partial charge in [-0.3, -0.25) is 0 Å². The van der Waals surface area contributed by atoms with Gasteiger partial charge < -0.3 is 4.42 Å². The third-order valence-corrected chi connectivity index (χ3v) is 5.75. The van der Waals surface area contributed by atoms with Gasteiger partial charge in [-0.15, -0.1) is 0 Å². The molecule has 2 heterocycles. The molecule has 0 aliphatic rings. The Morgan fingerprint density at radius 3 is 1.92 bits per heavy atom. The van der Waals surface area contributed by atoms with Crippen LogP contribution in [0.4, 0.5) is 4.39 Å². The lowest BCUT2D eigenvalue weighted by Gasteiger charge is -2.08. The molecular weight excluding hydrogens is 473 g/mol. The molecule has 0 saturated carbocycles. The van der Waals surface area contributed by atoms with Crippen molar-refractivity contribution in [2.24, 2.45) is 0 Å². The Morgan fingerprint density at radius 2 is 1.18 bits per heavy atom. The molecule has 0 saturated heterocycles. The van der Waals surface area contributed by atoms with Gasteiger partial charge >= 0.3 is 0 Å². The highest BCUT2D eigenvalue weighted by Gasteiger charge is 2.15. The van der Waals surface area contributed by atoms with E-state index in [0.29, 0.717) is 11.1 Å². The van der Waals surface area contributed by atoms with Crippen molar-refractivity contribution in [1.29, 1.82) is 0 Å². The molecule has 0 bridgehead atoms. The predicted octanol–water partition coefficient (Wildman–Crippen LogP) is 8.58. The largest absolute Gasteiger partial charge is 0.456 e. The highest BCUT2D eigenvalue weighted by atomic mass is 19.1. The lowest BCUT2D eigenvalue weighted by Crippen LogP contribution is -2.00. The first-order valence-electron chi connectivity index (χ1n) is 16.9. The van der Waals surface area contributed by atoms with E-state index in [0.717, 1.165) is 0 Å². The minimum Gasteiger partial charge on any atom is -0.456 e. The Balaban J connectivity index is 1.54. The molecule has 7 rings (SSSR count). The first kappa shape index (κ1) is 13.4. The molecule has 0 N–H and O–H groups in total. The lowest BCUT2D eigenvalue weighted by atomic mass is 10.0. The molecule has 0 spiro atoms. The van der Waals surface area contributed by atoms with E-state index in [-0.39, 0.29) is 45.0 Å². The van der Waals surface area contributed by atoms with Crippen LogP contribution < -0.4 is 0 Å². The van der Waals surface area contributed by atoms with E-state index in [1.807, 2.05) is 0 Å². The zero-order valence-electron chi connectivity index (χ0n) is 30.3. The molecule has 0 amide bonds. The fraction of sp³-hybridized carbons (Fsp3) is 0. The molecule has 0 aliphatic heterocycles. The van der Waals surface area contributed by atoms with Gasteiger partial charge in [0.2, 0.25) is 0 Å². The SMILES string of the molecule is [2H]c1c([2H])c([2H])c(-c2c([2H])c([2H])c3oc4c([2H])c(-c5nc(-c6ccccc6)nc(-c6ccc(F)cc6)n5)c([2H])c([2H])c4c3c2[2H])c([2H])c1[2H]. The van der Waals surface area contributed by atoms with Gasteiger partial charge in [0, 0.05) is 27.5 Å². The first-order chi connectivity index (χ1) is 23.3. The predicted molar refractivity (Wildman–Crippen MR) is 149 cm³/mol. The minimum absolute atomic E-state index is 0.0999. The van der Waals surface area contributed by atoms with Crippen molar-refractivity contribution in [2.45, 2.75) is 0 Å². The second kappa shape index (κ2) is 9.05. The van der Waals surface area contributed by atoms with Crippen molar-refractivity contribution in [3.05, 3.63) is 127 Å². The van der Waals surface area contributed by atoms with Crippen LogP contribution in [0.5, 0.6) is 0 Å². The van der Waals surface area contributed by atoms with Crippen LogP contribution in [0.3, 0.4) is 0 Å². The molecule has 0 radical (unpaired) electrons. The molecule has 0 aliphatic carbocycles. The van der Waals surface area contributed by atoms with Gasteiger partial charge in [-0.2, -0.15) is 0 Å². The van der Waals surface area contributed by atoms with Crippen LogP contribution in [0.1, 0.15) is 15.1 Å². The van der Waals surface area contributed by atoms with Gasteiger partial charge in [0.25, 0.3) is 0 Å². The number of hydrogen-bond acceptors (Lipinski definition) is 4. The van der Waals surface area contributed by atoms with Crippen molar-refractivity contribution in [2.75, 3.05) is 0 Å². The van der Waals surface area contributed by atoms with E-state index in [9.17, 15) is 4.39 Å². The summed E-state index contributed by atoms with van der Waals surface area (Å²) >= 11 is 0. The number of nitrogens with zero attached hydrogens (tertiary/aromatic N) is 3. The summed E-state index contributed by atoms with van der Waals surface area (Å²) in [5, 5.41) is -0.444. The molecule has 0 atom stereocenters. The summed E-state index contributed by atoms with van der Waals surface area (Å²) in [6.07, 6.45) is 0. The summed E-state index contributed by atoms with van der Waals surface area (Å²) in [7, 11) is 0. The Kier molecular flexibility index (Phi) is 3.19. The smallest absolute Gasteiger partial charge is 0.164 e. The van der Waals surface area contributed by atoms with E-state index in [4.69, 9.17) is 19.5 Å². The number of rotatable bonds is 4. The van der Waals surface area contributed by atoms with Crippen LogP contribution in [0.25, 0.3) is 67.2 Å². The number of hydrogen-bond donors (Lipinski definition) is 0. The molecule has 0 unspecified atom stereocenters. The average molecular weight is 505 g/mol. The van der Waals surface area contributed by atoms with Crippen LogP contribution in [0.2, 0.25) is 0 Å². The standard InChI is InChI=1S/C33H20FN3O/c34-26-15-11-23(12-16-26)32-35-31(22-9-5-2-6-10-22)36-33(37-32)25-13-17-27-28-19-24(21-7-3-1-4-8-21)14-18-29(28)38-30(27)20-25/h1-20H/i1D,3D,4D,7D,8D,13D,14D,17D,18D,19D,20D. The maximum atomic E-state index is 13.8. The van der Waals surface area contributed by atoms with Gasteiger partial charge in [0.1, 0.15) is 17.0 Å². The molecule has 5 heteroatoms. The normalized spacial score (nSPS) is 15.3. The summed E-state index contributed by atoms with van der Waals surface area (Å²) < 4.78 is 114. The van der Waals surface area contributed by atoms with E-state index in [1.54, 1.807) is 30.3 Å². The Hall–Kier alpha value is -5.16. The highest BCUT2D eigenvalue weighted by Crippen LogP contribution is 2.35. The summed E-state index contributed by atoms with van der Waals surface area (Å²) in [4.78, 5) is 13.6. The van der Waals surface area contributed by atoms with Crippen LogP contribution >= 0.6 is 0 Å².